The van der Waals surface area contributed by atoms with E-state index in [-0.39, 0.29) is 18.1 Å². The first kappa shape index (κ1) is 21.4. The van der Waals surface area contributed by atoms with Crippen LogP contribution in [0.4, 0.5) is 0 Å². The Morgan fingerprint density at radius 3 is 2.25 bits per heavy atom. The largest absolute Gasteiger partial charge is 0.508 e. The Morgan fingerprint density at radius 2 is 1.59 bits per heavy atom. The van der Waals surface area contributed by atoms with Crippen molar-refractivity contribution in [3.8, 4) is 34.5 Å². The Labute approximate surface area is 185 Å². The molecule has 1 heterocycles. The zero-order chi connectivity index (χ0) is 22.8. The van der Waals surface area contributed by atoms with E-state index in [9.17, 15) is 25.5 Å². The summed E-state index contributed by atoms with van der Waals surface area (Å²) in [5, 5.41) is 49.9. The van der Waals surface area contributed by atoms with Crippen molar-refractivity contribution in [3.63, 3.8) is 0 Å². The molecule has 2 atom stereocenters. The van der Waals surface area contributed by atoms with Crippen LogP contribution in [0.1, 0.15) is 28.4 Å². The van der Waals surface area contributed by atoms with Gasteiger partial charge in [-0.3, -0.25) is 0 Å². The highest BCUT2D eigenvalue weighted by molar-refractivity contribution is 5.51. The van der Waals surface area contributed by atoms with Gasteiger partial charge < -0.3 is 35.0 Å². The van der Waals surface area contributed by atoms with Crippen LogP contribution in [-0.2, 0) is 24.2 Å². The van der Waals surface area contributed by atoms with Crippen LogP contribution in [-0.4, -0.2) is 31.6 Å². The fourth-order valence-corrected chi connectivity index (χ4v) is 3.88. The normalized spacial score (nSPS) is 17.4. The van der Waals surface area contributed by atoms with E-state index < -0.39 is 29.5 Å². The molecule has 0 amide bonds. The Balaban J connectivity index is 1.65. The van der Waals surface area contributed by atoms with Gasteiger partial charge in [-0.1, -0.05) is 24.3 Å². The lowest BCUT2D eigenvalue weighted by Crippen LogP contribution is -2.33. The molecule has 7 heteroatoms. The Bertz CT molecular complexity index is 1110. The number of hydrogen-bond donors (Lipinski definition) is 5. The predicted molar refractivity (Wildman–Crippen MR) is 117 cm³/mol. The lowest BCUT2D eigenvalue weighted by atomic mass is 9.93. The molecule has 0 saturated carbocycles. The quantitative estimate of drug-likeness (QED) is 0.290. The SMILES string of the molecule is C=CCc1c(O)cc([C@H]2Oc3ccccc3C[C@H]2OCc2cc(O)c(O)c(O)c2)cc1O. The molecule has 3 aromatic rings. The van der Waals surface area contributed by atoms with E-state index in [0.29, 0.717) is 35.3 Å². The summed E-state index contributed by atoms with van der Waals surface area (Å²) in [6, 6.07) is 13.3. The van der Waals surface area contributed by atoms with Gasteiger partial charge in [-0.2, -0.15) is 0 Å². The van der Waals surface area contributed by atoms with Crippen LogP contribution in [0.15, 0.2) is 61.2 Å². The second-order valence-electron chi connectivity index (χ2n) is 7.71. The van der Waals surface area contributed by atoms with Gasteiger partial charge in [-0.05, 0) is 47.9 Å². The number of para-hydroxylation sites is 1. The molecule has 0 spiro atoms. The third-order valence-corrected chi connectivity index (χ3v) is 5.48. The highest BCUT2D eigenvalue weighted by Crippen LogP contribution is 2.41. The lowest BCUT2D eigenvalue weighted by Gasteiger charge is -2.34. The topological polar surface area (TPSA) is 120 Å². The van der Waals surface area contributed by atoms with Crippen LogP contribution < -0.4 is 4.74 Å². The molecule has 166 valence electrons. The van der Waals surface area contributed by atoms with Crippen molar-refractivity contribution < 1.29 is 35.0 Å². The molecule has 0 unspecified atom stereocenters. The van der Waals surface area contributed by atoms with Crippen LogP contribution >= 0.6 is 0 Å². The van der Waals surface area contributed by atoms with Crippen molar-refractivity contribution in [2.45, 2.75) is 31.7 Å². The molecule has 0 fully saturated rings. The van der Waals surface area contributed by atoms with Crippen molar-refractivity contribution in [2.24, 2.45) is 0 Å². The number of phenolic OH excluding ortho intramolecular Hbond substituents is 5. The van der Waals surface area contributed by atoms with Gasteiger partial charge in [0.2, 0.25) is 0 Å². The van der Waals surface area contributed by atoms with Crippen LogP contribution in [0, 0.1) is 0 Å². The van der Waals surface area contributed by atoms with E-state index in [2.05, 4.69) is 6.58 Å². The molecule has 1 aliphatic heterocycles. The zero-order valence-electron chi connectivity index (χ0n) is 17.2. The number of ether oxygens (including phenoxy) is 2. The maximum atomic E-state index is 10.4. The third-order valence-electron chi connectivity index (χ3n) is 5.48. The van der Waals surface area contributed by atoms with Crippen LogP contribution in [0.2, 0.25) is 0 Å². The van der Waals surface area contributed by atoms with Crippen LogP contribution in [0.5, 0.6) is 34.5 Å². The molecule has 32 heavy (non-hydrogen) atoms. The number of rotatable bonds is 6. The average Bonchev–Trinajstić information content (AvgIpc) is 2.77. The third kappa shape index (κ3) is 4.15. The van der Waals surface area contributed by atoms with Gasteiger partial charge >= 0.3 is 0 Å². The summed E-state index contributed by atoms with van der Waals surface area (Å²) < 4.78 is 12.3. The van der Waals surface area contributed by atoms with Crippen LogP contribution in [0.3, 0.4) is 0 Å². The second-order valence-corrected chi connectivity index (χ2v) is 7.71. The first-order valence-corrected chi connectivity index (χ1v) is 10.1. The lowest BCUT2D eigenvalue weighted by molar-refractivity contribution is -0.0462. The van der Waals surface area contributed by atoms with Gasteiger partial charge in [0.1, 0.15) is 23.4 Å². The van der Waals surface area contributed by atoms with Crippen molar-refractivity contribution >= 4 is 0 Å². The molecule has 0 radical (unpaired) electrons. The molecular weight excluding hydrogens is 412 g/mol. The number of allylic oxidation sites excluding steroid dienone is 1. The number of fused-ring (bicyclic) bond motifs is 1. The fourth-order valence-electron chi connectivity index (χ4n) is 3.88. The van der Waals surface area contributed by atoms with Gasteiger partial charge in [0, 0.05) is 17.5 Å². The summed E-state index contributed by atoms with van der Waals surface area (Å²) in [7, 11) is 0. The summed E-state index contributed by atoms with van der Waals surface area (Å²) in [5.74, 6) is -0.918. The Kier molecular flexibility index (Phi) is 5.83. The van der Waals surface area contributed by atoms with E-state index in [1.807, 2.05) is 24.3 Å². The van der Waals surface area contributed by atoms with E-state index in [1.165, 1.54) is 12.1 Å². The highest BCUT2D eigenvalue weighted by Gasteiger charge is 2.33. The van der Waals surface area contributed by atoms with Gasteiger partial charge in [0.25, 0.3) is 0 Å². The Morgan fingerprint density at radius 1 is 0.938 bits per heavy atom. The monoisotopic (exact) mass is 436 g/mol. The number of benzene rings is 3. The number of hydrogen-bond acceptors (Lipinski definition) is 7. The van der Waals surface area contributed by atoms with E-state index in [0.717, 1.165) is 5.56 Å². The van der Waals surface area contributed by atoms with Gasteiger partial charge in [-0.15, -0.1) is 6.58 Å². The zero-order valence-corrected chi connectivity index (χ0v) is 17.2. The van der Waals surface area contributed by atoms with E-state index >= 15 is 0 Å². The van der Waals surface area contributed by atoms with E-state index in [1.54, 1.807) is 18.2 Å². The van der Waals surface area contributed by atoms with Gasteiger partial charge in [-0.25, -0.2) is 0 Å². The van der Waals surface area contributed by atoms with Crippen LogP contribution in [0.25, 0.3) is 0 Å². The minimum absolute atomic E-state index is 0.0284. The molecule has 0 aromatic heterocycles. The fraction of sp³-hybridized carbons (Fsp3) is 0.200. The summed E-state index contributed by atoms with van der Waals surface area (Å²) >= 11 is 0. The standard InChI is InChI=1S/C25H24O7/c1-2-5-17-18(26)10-16(11-19(17)27)25-23(12-15-6-3-4-7-22(15)32-25)31-13-14-8-20(28)24(30)21(29)9-14/h2-4,6-11,23,25-30H,1,5,12-13H2/t23-,25-/m1/s1. The first-order valence-electron chi connectivity index (χ1n) is 10.1. The minimum Gasteiger partial charge on any atom is -0.508 e. The minimum atomic E-state index is -0.626. The van der Waals surface area contributed by atoms with Crippen molar-refractivity contribution in [1.82, 2.24) is 0 Å². The van der Waals surface area contributed by atoms with Gasteiger partial charge in [0.15, 0.2) is 23.4 Å². The second kappa shape index (κ2) is 8.72. The smallest absolute Gasteiger partial charge is 0.200 e. The summed E-state index contributed by atoms with van der Waals surface area (Å²) in [5.41, 5.74) is 2.33. The van der Waals surface area contributed by atoms with E-state index in [4.69, 9.17) is 9.47 Å². The first-order chi connectivity index (χ1) is 15.4. The summed E-state index contributed by atoms with van der Waals surface area (Å²) in [6.07, 6.45) is 1.30. The molecule has 7 nitrogen and oxygen atoms in total. The number of aromatic hydroxyl groups is 5. The molecule has 0 saturated heterocycles. The number of phenols is 5. The highest BCUT2D eigenvalue weighted by atomic mass is 16.5. The Hall–Kier alpha value is -3.84. The van der Waals surface area contributed by atoms with Crippen molar-refractivity contribution in [2.75, 3.05) is 0 Å². The molecule has 1 aliphatic rings. The summed E-state index contributed by atoms with van der Waals surface area (Å²) in [6.45, 7) is 3.67. The maximum absolute atomic E-state index is 10.4. The molecule has 4 rings (SSSR count). The van der Waals surface area contributed by atoms with Gasteiger partial charge in [0.05, 0.1) is 6.61 Å². The molecule has 0 aliphatic carbocycles. The maximum Gasteiger partial charge on any atom is 0.200 e. The summed E-state index contributed by atoms with van der Waals surface area (Å²) in [4.78, 5) is 0. The molecule has 3 aromatic carbocycles. The predicted octanol–water partition coefficient (Wildman–Crippen LogP) is 4.20. The average molecular weight is 436 g/mol. The molecule has 0 bridgehead atoms. The molecular formula is C25H24O7. The molecule has 5 N–H and O–H groups in total. The van der Waals surface area contributed by atoms with Crippen molar-refractivity contribution in [3.05, 3.63) is 83.4 Å². The van der Waals surface area contributed by atoms with Crippen molar-refractivity contribution in [1.29, 1.82) is 0 Å².